The molecule has 2 heterocycles. The topological polar surface area (TPSA) is 122 Å². The van der Waals surface area contributed by atoms with Crippen molar-refractivity contribution < 1.29 is 28.7 Å². The lowest BCUT2D eigenvalue weighted by atomic mass is 9.82. The predicted octanol–water partition coefficient (Wildman–Crippen LogP) is -0.00810. The fourth-order valence-corrected chi connectivity index (χ4v) is 2.86. The summed E-state index contributed by atoms with van der Waals surface area (Å²) in [6, 6.07) is 2.87. The minimum Gasteiger partial charge on any atom is -0.550 e. The molecule has 0 aliphatic carbocycles. The molecule has 0 saturated carbocycles. The highest BCUT2D eigenvalue weighted by Crippen LogP contribution is 2.39. The number of hydrogen-bond donors (Lipinski definition) is 1. The molecule has 1 aromatic carbocycles. The van der Waals surface area contributed by atoms with Crippen LogP contribution in [0.1, 0.15) is 0 Å². The van der Waals surface area contributed by atoms with Crippen LogP contribution in [0.5, 0.6) is 0 Å². The molecule has 1 N–H and O–H groups in total. The highest BCUT2D eigenvalue weighted by molar-refractivity contribution is 5.96. The second kappa shape index (κ2) is 5.43. The lowest BCUT2D eigenvalue weighted by Gasteiger charge is -2.24. The van der Waals surface area contributed by atoms with Crippen LogP contribution in [0.15, 0.2) is 30.4 Å². The van der Waals surface area contributed by atoms with Gasteiger partial charge in [0.15, 0.2) is 0 Å². The average molecular weight is 321 g/mol. The van der Waals surface area contributed by atoms with Crippen LogP contribution in [0, 0.1) is 27.8 Å². The summed E-state index contributed by atoms with van der Waals surface area (Å²) in [5.74, 6) is -5.28. The van der Waals surface area contributed by atoms with Gasteiger partial charge in [-0.3, -0.25) is 14.9 Å². The summed E-state index contributed by atoms with van der Waals surface area (Å²) in [6.07, 6.45) is 1.71. The Morgan fingerprint density at radius 1 is 1.22 bits per heavy atom. The maximum Gasteiger partial charge on any atom is 0.306 e. The molecule has 9 heteroatoms. The highest BCUT2D eigenvalue weighted by Gasteiger charge is 2.50. The summed E-state index contributed by atoms with van der Waals surface area (Å²) < 4.78 is 18.6. The Bertz CT molecular complexity index is 734. The summed E-state index contributed by atoms with van der Waals surface area (Å²) >= 11 is 0. The molecule has 1 amide bonds. The van der Waals surface area contributed by atoms with Crippen molar-refractivity contribution in [3.8, 4) is 0 Å². The first-order valence-electron chi connectivity index (χ1n) is 6.68. The number of rotatable bonds is 4. The van der Waals surface area contributed by atoms with Crippen LogP contribution in [0.2, 0.25) is 0 Å². The second-order valence-corrected chi connectivity index (χ2v) is 5.23. The molecule has 0 radical (unpaired) electrons. The average Bonchev–Trinajstić information content (AvgIpc) is 3.09. The van der Waals surface area contributed by atoms with Crippen LogP contribution < -0.4 is 10.4 Å². The number of halogens is 1. The standard InChI is InChI=1S/C14H11FN2O6/c15-7-2-1-6(5-8(7)17(21)22)16-13(18)11-9-3-4-10(23-9)12(11)14(19)20/h1-5,9-12H,(H,16,18)(H,19,20)/p-1/t9-,10+,11+,12+/m1/s1. The molecule has 0 spiro atoms. The number of ether oxygens (including phenoxy) is 1. The Labute approximate surface area is 128 Å². The molecule has 4 atom stereocenters. The number of nitrogens with zero attached hydrogens (tertiary/aromatic N) is 1. The normalized spacial score (nSPS) is 27.9. The Balaban J connectivity index is 1.82. The molecule has 1 fully saturated rings. The summed E-state index contributed by atoms with van der Waals surface area (Å²) in [4.78, 5) is 33.3. The van der Waals surface area contributed by atoms with Crippen molar-refractivity contribution in [1.82, 2.24) is 0 Å². The Hall–Kier alpha value is -2.81. The minimum atomic E-state index is -1.41. The number of fused-ring (bicyclic) bond motifs is 2. The van der Waals surface area contributed by atoms with Crippen LogP contribution >= 0.6 is 0 Å². The molecule has 1 saturated heterocycles. The number of aliphatic carboxylic acids is 1. The van der Waals surface area contributed by atoms with Gasteiger partial charge in [0.1, 0.15) is 0 Å². The van der Waals surface area contributed by atoms with E-state index in [0.29, 0.717) is 0 Å². The van der Waals surface area contributed by atoms with E-state index in [-0.39, 0.29) is 5.69 Å². The van der Waals surface area contributed by atoms with Gasteiger partial charge in [0.05, 0.1) is 23.0 Å². The van der Waals surface area contributed by atoms with Gasteiger partial charge in [-0.2, -0.15) is 4.39 Å². The van der Waals surface area contributed by atoms with Gasteiger partial charge in [0.25, 0.3) is 0 Å². The quantitative estimate of drug-likeness (QED) is 0.473. The zero-order valence-corrected chi connectivity index (χ0v) is 11.5. The number of amides is 1. The van der Waals surface area contributed by atoms with Gasteiger partial charge in [-0.05, 0) is 12.1 Å². The molecular formula is C14H10FN2O6-. The Morgan fingerprint density at radius 3 is 2.48 bits per heavy atom. The largest absolute Gasteiger partial charge is 0.550 e. The van der Waals surface area contributed by atoms with E-state index in [9.17, 15) is 29.2 Å². The number of carboxylic acid groups (broad SMARTS) is 1. The van der Waals surface area contributed by atoms with E-state index in [1.165, 1.54) is 0 Å². The molecule has 1 aromatic rings. The third-order valence-electron chi connectivity index (χ3n) is 3.88. The number of nitrogens with one attached hydrogen (secondary N) is 1. The summed E-state index contributed by atoms with van der Waals surface area (Å²) in [5, 5.41) is 24.3. The molecule has 2 aliphatic heterocycles. The van der Waals surface area contributed by atoms with E-state index < -0.39 is 52.3 Å². The van der Waals surface area contributed by atoms with Gasteiger partial charge >= 0.3 is 5.69 Å². The first kappa shape index (κ1) is 15.1. The molecule has 120 valence electrons. The number of anilines is 1. The van der Waals surface area contributed by atoms with E-state index in [2.05, 4.69) is 5.32 Å². The van der Waals surface area contributed by atoms with Crippen LogP contribution in [0.4, 0.5) is 15.8 Å². The number of carboxylic acids is 1. The third-order valence-corrected chi connectivity index (χ3v) is 3.88. The number of nitro groups is 1. The molecule has 0 aromatic heterocycles. The van der Waals surface area contributed by atoms with Crippen LogP contribution in [-0.2, 0) is 14.3 Å². The Morgan fingerprint density at radius 2 is 1.87 bits per heavy atom. The zero-order valence-electron chi connectivity index (χ0n) is 11.5. The number of carbonyl (C=O) groups excluding carboxylic acids is 2. The van der Waals surface area contributed by atoms with Crippen molar-refractivity contribution in [1.29, 1.82) is 0 Å². The predicted molar refractivity (Wildman–Crippen MR) is 71.5 cm³/mol. The molecular weight excluding hydrogens is 311 g/mol. The van der Waals surface area contributed by atoms with Crippen molar-refractivity contribution in [2.45, 2.75) is 12.2 Å². The van der Waals surface area contributed by atoms with Gasteiger partial charge < -0.3 is 20.0 Å². The number of carbonyl (C=O) groups is 2. The maximum absolute atomic E-state index is 13.3. The third kappa shape index (κ3) is 2.55. The summed E-state index contributed by atoms with van der Waals surface area (Å²) in [7, 11) is 0. The van der Waals surface area contributed by atoms with Gasteiger partial charge in [0.2, 0.25) is 11.7 Å². The zero-order chi connectivity index (χ0) is 16.7. The first-order valence-corrected chi connectivity index (χ1v) is 6.68. The number of hydrogen-bond acceptors (Lipinski definition) is 6. The second-order valence-electron chi connectivity index (χ2n) is 5.23. The van der Waals surface area contributed by atoms with E-state index in [4.69, 9.17) is 4.74 Å². The fraction of sp³-hybridized carbons (Fsp3) is 0.286. The number of nitro benzene ring substituents is 1. The van der Waals surface area contributed by atoms with Crippen molar-refractivity contribution in [3.63, 3.8) is 0 Å². The minimum absolute atomic E-state index is 0.00745. The van der Waals surface area contributed by atoms with Crippen LogP contribution in [0.3, 0.4) is 0 Å². The molecule has 8 nitrogen and oxygen atoms in total. The van der Waals surface area contributed by atoms with Crippen LogP contribution in [-0.4, -0.2) is 29.0 Å². The summed E-state index contributed by atoms with van der Waals surface area (Å²) in [5.41, 5.74) is -0.796. The van der Waals surface area contributed by atoms with E-state index in [1.807, 2.05) is 0 Å². The maximum atomic E-state index is 13.3. The van der Waals surface area contributed by atoms with Crippen molar-refractivity contribution in [3.05, 3.63) is 46.3 Å². The SMILES string of the molecule is O=C([O-])[C@@H]1[C@@H](C(=O)Nc2ccc(F)c([N+](=O)[O-])c2)[C@H]2C=C[C@@H]1O2. The fourth-order valence-electron chi connectivity index (χ4n) is 2.86. The summed E-state index contributed by atoms with van der Waals surface area (Å²) in [6.45, 7) is 0. The van der Waals surface area contributed by atoms with Gasteiger partial charge in [0, 0.05) is 23.6 Å². The lowest BCUT2D eigenvalue weighted by Crippen LogP contribution is -2.45. The van der Waals surface area contributed by atoms with E-state index in [1.54, 1.807) is 12.2 Å². The lowest BCUT2D eigenvalue weighted by molar-refractivity contribution is -0.387. The van der Waals surface area contributed by atoms with Crippen molar-refractivity contribution >= 4 is 23.3 Å². The first-order chi connectivity index (χ1) is 10.9. The molecule has 23 heavy (non-hydrogen) atoms. The highest BCUT2D eigenvalue weighted by atomic mass is 19.1. The molecule has 3 rings (SSSR count). The number of benzene rings is 1. The van der Waals surface area contributed by atoms with Gasteiger partial charge in [-0.15, -0.1) is 0 Å². The molecule has 0 unspecified atom stereocenters. The monoisotopic (exact) mass is 321 g/mol. The van der Waals surface area contributed by atoms with E-state index in [0.717, 1.165) is 18.2 Å². The van der Waals surface area contributed by atoms with Gasteiger partial charge in [-0.25, -0.2) is 0 Å². The molecule has 2 bridgehead atoms. The van der Waals surface area contributed by atoms with Crippen LogP contribution in [0.25, 0.3) is 0 Å². The van der Waals surface area contributed by atoms with Crippen molar-refractivity contribution in [2.75, 3.05) is 5.32 Å². The van der Waals surface area contributed by atoms with Crippen molar-refractivity contribution in [2.24, 2.45) is 11.8 Å². The Kier molecular flexibility index (Phi) is 3.57. The smallest absolute Gasteiger partial charge is 0.306 e. The molecule has 2 aliphatic rings. The van der Waals surface area contributed by atoms with E-state index >= 15 is 0 Å². The van der Waals surface area contributed by atoms with Gasteiger partial charge in [-0.1, -0.05) is 12.2 Å².